The third-order valence-electron chi connectivity index (χ3n) is 5.27. The van der Waals surface area contributed by atoms with Gasteiger partial charge >= 0.3 is 5.97 Å². The van der Waals surface area contributed by atoms with Crippen LogP contribution in [0.1, 0.15) is 52.3 Å². The molecule has 0 radical (unpaired) electrons. The third kappa shape index (κ3) is 4.37. The van der Waals surface area contributed by atoms with Crippen molar-refractivity contribution in [3.8, 4) is 5.75 Å². The van der Waals surface area contributed by atoms with E-state index >= 15 is 0 Å². The Hall–Kier alpha value is -3.62. The first-order valence-corrected chi connectivity index (χ1v) is 10.2. The Balaban J connectivity index is 1.85. The summed E-state index contributed by atoms with van der Waals surface area (Å²) >= 11 is 0. The van der Waals surface area contributed by atoms with E-state index in [-0.39, 0.29) is 54.0 Å². The molecule has 170 valence electrons. The average molecular weight is 442 g/mol. The lowest BCUT2D eigenvalue weighted by atomic mass is 10.1. The molecule has 0 bridgehead atoms. The molecular weight excluding hydrogens is 416 g/mol. The fraction of sp³-hybridized carbons (Fsp3) is 0.391. The van der Waals surface area contributed by atoms with Crippen LogP contribution in [0, 0.1) is 19.8 Å². The fourth-order valence-corrected chi connectivity index (χ4v) is 3.80. The zero-order valence-corrected chi connectivity index (χ0v) is 18.7. The maximum Gasteiger partial charge on any atom is 0.344 e. The molecule has 0 aliphatic carbocycles. The van der Waals surface area contributed by atoms with Crippen molar-refractivity contribution in [2.24, 2.45) is 5.92 Å². The Labute approximate surface area is 185 Å². The molecule has 1 aliphatic rings. The van der Waals surface area contributed by atoms with E-state index < -0.39 is 17.8 Å². The maximum atomic E-state index is 13.0. The van der Waals surface area contributed by atoms with Gasteiger partial charge in [-0.25, -0.2) is 4.79 Å². The summed E-state index contributed by atoms with van der Waals surface area (Å²) < 4.78 is 15.9. The van der Waals surface area contributed by atoms with Gasteiger partial charge in [-0.05, 0) is 45.4 Å². The summed E-state index contributed by atoms with van der Waals surface area (Å²) in [7, 11) is 1.52. The van der Waals surface area contributed by atoms with E-state index in [4.69, 9.17) is 13.9 Å². The highest BCUT2D eigenvalue weighted by atomic mass is 16.5. The number of ether oxygens (including phenoxy) is 2. The first kappa shape index (κ1) is 23.1. The minimum Gasteiger partial charge on any atom is -0.495 e. The van der Waals surface area contributed by atoms with Gasteiger partial charge in [0, 0.05) is 13.0 Å². The van der Waals surface area contributed by atoms with Crippen molar-refractivity contribution in [2.45, 2.75) is 34.1 Å². The highest BCUT2D eigenvalue weighted by Gasteiger charge is 2.38. The number of hydrogen-bond donors (Lipinski definition) is 1. The van der Waals surface area contributed by atoms with Crippen LogP contribution in [0.4, 0.5) is 11.6 Å². The largest absolute Gasteiger partial charge is 0.495 e. The van der Waals surface area contributed by atoms with Crippen molar-refractivity contribution in [3.63, 3.8) is 0 Å². The van der Waals surface area contributed by atoms with Crippen molar-refractivity contribution in [1.29, 1.82) is 0 Å². The molecule has 1 aromatic carbocycles. The number of methoxy groups -OCH3 is 1. The van der Waals surface area contributed by atoms with Crippen LogP contribution in [-0.2, 0) is 14.3 Å². The van der Waals surface area contributed by atoms with Crippen LogP contribution in [0.3, 0.4) is 0 Å². The zero-order valence-electron chi connectivity index (χ0n) is 18.7. The van der Waals surface area contributed by atoms with E-state index in [0.29, 0.717) is 11.4 Å². The summed E-state index contributed by atoms with van der Waals surface area (Å²) in [5.74, 6) is -1.99. The number of anilines is 2. The molecule has 9 heteroatoms. The first-order chi connectivity index (χ1) is 15.2. The maximum absolute atomic E-state index is 13.0. The number of aryl methyl sites for hydroxylation is 2. The van der Waals surface area contributed by atoms with Gasteiger partial charge in [-0.3, -0.25) is 19.7 Å². The van der Waals surface area contributed by atoms with Crippen LogP contribution in [0.2, 0.25) is 0 Å². The van der Waals surface area contributed by atoms with Crippen molar-refractivity contribution in [3.05, 3.63) is 40.6 Å². The molecular formula is C23H26N2O7. The van der Waals surface area contributed by atoms with Gasteiger partial charge in [0.15, 0.2) is 5.78 Å². The van der Waals surface area contributed by atoms with Gasteiger partial charge in [0.2, 0.25) is 17.7 Å². The molecule has 3 rings (SSSR count). The molecule has 1 aromatic heterocycles. The van der Waals surface area contributed by atoms with Gasteiger partial charge in [0.1, 0.15) is 17.1 Å². The Morgan fingerprint density at radius 3 is 2.56 bits per heavy atom. The molecule has 2 amide bonds. The van der Waals surface area contributed by atoms with E-state index in [1.807, 2.05) is 19.1 Å². The minimum absolute atomic E-state index is 0.0169. The normalized spacial score (nSPS) is 15.6. The van der Waals surface area contributed by atoms with E-state index in [0.717, 1.165) is 5.56 Å². The minimum atomic E-state index is -0.765. The van der Waals surface area contributed by atoms with Gasteiger partial charge in [-0.2, -0.15) is 0 Å². The number of amides is 2. The predicted octanol–water partition coefficient (Wildman–Crippen LogP) is 3.28. The lowest BCUT2D eigenvalue weighted by Gasteiger charge is -2.20. The summed E-state index contributed by atoms with van der Waals surface area (Å²) in [6, 6.07) is 5.46. The molecule has 2 heterocycles. The zero-order chi connectivity index (χ0) is 23.6. The highest BCUT2D eigenvalue weighted by Crippen LogP contribution is 2.35. The number of Topliss-reactive ketones (excluding diaryl/α,β-unsaturated/α-hetero) is 1. The number of carbonyl (C=O) groups excluding carboxylic acids is 4. The topological polar surface area (TPSA) is 115 Å². The number of rotatable bonds is 7. The van der Waals surface area contributed by atoms with Crippen molar-refractivity contribution in [2.75, 3.05) is 30.5 Å². The quantitative estimate of drug-likeness (QED) is 0.517. The summed E-state index contributed by atoms with van der Waals surface area (Å²) in [6.45, 7) is 6.59. The summed E-state index contributed by atoms with van der Waals surface area (Å²) in [5.41, 5.74) is 1.48. The van der Waals surface area contributed by atoms with Crippen molar-refractivity contribution >= 4 is 35.1 Å². The molecule has 9 nitrogen and oxygen atoms in total. The smallest absolute Gasteiger partial charge is 0.344 e. The van der Waals surface area contributed by atoms with Crippen LogP contribution in [0.25, 0.3) is 0 Å². The number of nitrogens with one attached hydrogen (secondary N) is 1. The number of benzene rings is 1. The number of ketones is 1. The van der Waals surface area contributed by atoms with E-state index in [9.17, 15) is 19.2 Å². The molecule has 2 aromatic rings. The third-order valence-corrected chi connectivity index (χ3v) is 5.27. The van der Waals surface area contributed by atoms with Gasteiger partial charge in [-0.1, -0.05) is 6.07 Å². The molecule has 1 saturated heterocycles. The predicted molar refractivity (Wildman–Crippen MR) is 116 cm³/mol. The number of esters is 1. The second kappa shape index (κ2) is 9.25. The molecule has 1 unspecified atom stereocenters. The number of furan rings is 1. The number of nitrogens with zero attached hydrogens (tertiary/aromatic N) is 1. The Bertz CT molecular complexity index is 1090. The summed E-state index contributed by atoms with van der Waals surface area (Å²) in [6.07, 6.45) is -0.0169. The van der Waals surface area contributed by atoms with Crippen LogP contribution in [-0.4, -0.2) is 43.8 Å². The molecule has 32 heavy (non-hydrogen) atoms. The average Bonchev–Trinajstić information content (AvgIpc) is 3.27. The van der Waals surface area contributed by atoms with E-state index in [1.54, 1.807) is 13.0 Å². The lowest BCUT2D eigenvalue weighted by Crippen LogP contribution is -2.28. The Morgan fingerprint density at radius 1 is 1.22 bits per heavy atom. The van der Waals surface area contributed by atoms with Gasteiger partial charge in [0.25, 0.3) is 0 Å². The van der Waals surface area contributed by atoms with Crippen LogP contribution in [0.5, 0.6) is 5.75 Å². The second-order valence-corrected chi connectivity index (χ2v) is 7.58. The molecule has 1 N–H and O–H groups in total. The number of hydrogen-bond acceptors (Lipinski definition) is 7. The van der Waals surface area contributed by atoms with E-state index in [2.05, 4.69) is 5.32 Å². The molecule has 1 aliphatic heterocycles. The summed E-state index contributed by atoms with van der Waals surface area (Å²) in [4.78, 5) is 51.6. The summed E-state index contributed by atoms with van der Waals surface area (Å²) in [5, 5.41) is 2.57. The van der Waals surface area contributed by atoms with Gasteiger partial charge in [-0.15, -0.1) is 0 Å². The molecule has 0 spiro atoms. The van der Waals surface area contributed by atoms with Gasteiger partial charge < -0.3 is 18.8 Å². The monoisotopic (exact) mass is 442 g/mol. The van der Waals surface area contributed by atoms with Crippen LogP contribution in [0.15, 0.2) is 22.6 Å². The molecule has 1 atom stereocenters. The van der Waals surface area contributed by atoms with Crippen LogP contribution < -0.4 is 15.0 Å². The Morgan fingerprint density at radius 2 is 1.94 bits per heavy atom. The standard InChI is InChI=1S/C23H26N2O7/c1-6-31-23(29)20-19(13(3)26)14(4)32-22(20)24-21(28)15-10-18(27)25(11-15)16-9-12(2)7-8-17(16)30-5/h7-9,15H,6,10-11H2,1-5H3,(H,24,28). The molecule has 1 fully saturated rings. The number of carbonyl (C=O) groups is 4. The van der Waals surface area contributed by atoms with Crippen molar-refractivity contribution in [1.82, 2.24) is 0 Å². The van der Waals surface area contributed by atoms with E-state index in [1.165, 1.54) is 25.9 Å². The SMILES string of the molecule is CCOC(=O)c1c(NC(=O)C2CC(=O)N(c3cc(C)ccc3OC)C2)oc(C)c1C(C)=O. The molecule has 0 saturated carbocycles. The second-order valence-electron chi connectivity index (χ2n) is 7.58. The van der Waals surface area contributed by atoms with Gasteiger partial charge in [0.05, 0.1) is 30.9 Å². The van der Waals surface area contributed by atoms with Crippen LogP contribution >= 0.6 is 0 Å². The Kier molecular flexibility index (Phi) is 6.67. The lowest BCUT2D eigenvalue weighted by molar-refractivity contribution is -0.122. The first-order valence-electron chi connectivity index (χ1n) is 10.2. The highest BCUT2D eigenvalue weighted by molar-refractivity contribution is 6.11. The fourth-order valence-electron chi connectivity index (χ4n) is 3.80. The van der Waals surface area contributed by atoms with Crippen molar-refractivity contribution < 1.29 is 33.1 Å².